The average molecular weight is 433 g/mol. The Morgan fingerprint density at radius 3 is 2.48 bits per heavy atom. The van der Waals surface area contributed by atoms with Crippen molar-refractivity contribution in [2.45, 2.75) is 39.5 Å². The normalized spacial score (nSPS) is 12.6. The average Bonchev–Trinajstić information content (AvgIpc) is 2.71. The Bertz CT molecular complexity index is 1200. The van der Waals surface area contributed by atoms with Gasteiger partial charge in [0.25, 0.3) is 5.56 Å². The molecule has 1 heterocycles. The van der Waals surface area contributed by atoms with Crippen LogP contribution in [-0.4, -0.2) is 22.6 Å². The van der Waals surface area contributed by atoms with Crippen molar-refractivity contribution in [2.75, 3.05) is 7.11 Å². The van der Waals surface area contributed by atoms with Crippen LogP contribution in [0.5, 0.6) is 5.75 Å². The first kappa shape index (κ1) is 22.3. The van der Waals surface area contributed by atoms with Crippen LogP contribution in [0.15, 0.2) is 41.2 Å². The van der Waals surface area contributed by atoms with Crippen molar-refractivity contribution in [3.8, 4) is 5.75 Å². The van der Waals surface area contributed by atoms with Crippen molar-refractivity contribution < 1.29 is 22.7 Å². The van der Waals surface area contributed by atoms with Gasteiger partial charge in [0.2, 0.25) is 11.6 Å². The molecule has 1 aromatic heterocycles. The van der Waals surface area contributed by atoms with Gasteiger partial charge in [0.05, 0.1) is 18.1 Å². The number of alkyl halides is 3. The number of benzene rings is 2. The molecule has 6 nitrogen and oxygen atoms in total. The standard InChI is InChI=1S/C22H22F3N3O3/c1-12-9-16-17(10-13(12)2)28(21(30)19(27-16)22(23,24)25)14(3)20(29)26-11-15-7-5-6-8-18(15)31-4/h5-10,14H,11H2,1-4H3,(H,26,29)/t14-/m1/s1. The number of ether oxygens (including phenoxy) is 1. The van der Waals surface area contributed by atoms with Gasteiger partial charge in [-0.05, 0) is 50.1 Å². The maximum Gasteiger partial charge on any atom is 0.438 e. The molecule has 164 valence electrons. The zero-order valence-corrected chi connectivity index (χ0v) is 17.5. The minimum atomic E-state index is -4.95. The Morgan fingerprint density at radius 2 is 1.84 bits per heavy atom. The molecule has 3 rings (SSSR count). The highest BCUT2D eigenvalue weighted by Gasteiger charge is 2.38. The van der Waals surface area contributed by atoms with Crippen LogP contribution in [0.3, 0.4) is 0 Å². The predicted molar refractivity (Wildman–Crippen MR) is 110 cm³/mol. The Labute approximate surface area is 176 Å². The largest absolute Gasteiger partial charge is 0.496 e. The van der Waals surface area contributed by atoms with Crippen LogP contribution in [0.25, 0.3) is 11.0 Å². The molecule has 9 heteroatoms. The summed E-state index contributed by atoms with van der Waals surface area (Å²) in [6, 6.07) is 8.89. The van der Waals surface area contributed by atoms with E-state index >= 15 is 0 Å². The molecule has 3 aromatic rings. The summed E-state index contributed by atoms with van der Waals surface area (Å²) in [5, 5.41) is 2.67. The fraction of sp³-hybridized carbons (Fsp3) is 0.318. The number of para-hydroxylation sites is 1. The van der Waals surface area contributed by atoms with Crippen LogP contribution >= 0.6 is 0 Å². The summed E-state index contributed by atoms with van der Waals surface area (Å²) in [6.07, 6.45) is -4.95. The Morgan fingerprint density at radius 1 is 1.19 bits per heavy atom. The van der Waals surface area contributed by atoms with E-state index in [9.17, 15) is 22.8 Å². The Kier molecular flexibility index (Phi) is 6.06. The van der Waals surface area contributed by atoms with Gasteiger partial charge >= 0.3 is 6.18 Å². The monoisotopic (exact) mass is 433 g/mol. The first-order valence-electron chi connectivity index (χ1n) is 9.55. The third kappa shape index (κ3) is 4.40. The molecule has 0 aliphatic heterocycles. The number of halogens is 3. The quantitative estimate of drug-likeness (QED) is 0.662. The van der Waals surface area contributed by atoms with Gasteiger partial charge in [-0.3, -0.25) is 14.2 Å². The number of amides is 1. The van der Waals surface area contributed by atoms with Crippen LogP contribution < -0.4 is 15.6 Å². The molecule has 0 bridgehead atoms. The van der Waals surface area contributed by atoms with E-state index in [4.69, 9.17) is 4.74 Å². The predicted octanol–water partition coefficient (Wildman–Crippen LogP) is 3.92. The van der Waals surface area contributed by atoms with E-state index in [2.05, 4.69) is 10.3 Å². The topological polar surface area (TPSA) is 73.2 Å². The van der Waals surface area contributed by atoms with E-state index in [1.165, 1.54) is 20.1 Å². The fourth-order valence-electron chi connectivity index (χ4n) is 3.33. The van der Waals surface area contributed by atoms with Crippen LogP contribution in [0.2, 0.25) is 0 Å². The number of aromatic nitrogens is 2. The molecule has 0 unspecified atom stereocenters. The number of carbonyl (C=O) groups is 1. The van der Waals surface area contributed by atoms with E-state index in [-0.39, 0.29) is 17.6 Å². The van der Waals surface area contributed by atoms with Crippen LogP contribution in [0.1, 0.15) is 35.3 Å². The highest BCUT2D eigenvalue weighted by atomic mass is 19.4. The number of hydrogen-bond donors (Lipinski definition) is 1. The Hall–Kier alpha value is -3.36. The maximum atomic E-state index is 13.5. The summed E-state index contributed by atoms with van der Waals surface area (Å²) >= 11 is 0. The second-order valence-corrected chi connectivity index (χ2v) is 7.26. The molecule has 0 spiro atoms. The van der Waals surface area contributed by atoms with Gasteiger partial charge in [-0.15, -0.1) is 0 Å². The number of methoxy groups -OCH3 is 1. The lowest BCUT2D eigenvalue weighted by molar-refractivity contribution is -0.142. The van der Waals surface area contributed by atoms with Gasteiger partial charge in [-0.1, -0.05) is 18.2 Å². The number of carbonyl (C=O) groups excluding carboxylic acids is 1. The second kappa shape index (κ2) is 8.41. The van der Waals surface area contributed by atoms with Crippen LogP contribution in [0.4, 0.5) is 13.2 Å². The molecule has 1 N–H and O–H groups in total. The van der Waals surface area contributed by atoms with Gasteiger partial charge in [0, 0.05) is 12.1 Å². The number of hydrogen-bond acceptors (Lipinski definition) is 4. The van der Waals surface area contributed by atoms with Crippen molar-refractivity contribution in [1.82, 2.24) is 14.9 Å². The first-order chi connectivity index (χ1) is 14.5. The van der Waals surface area contributed by atoms with Gasteiger partial charge in [-0.25, -0.2) is 4.98 Å². The molecule has 0 saturated carbocycles. The van der Waals surface area contributed by atoms with Gasteiger partial charge < -0.3 is 10.1 Å². The van der Waals surface area contributed by atoms with Gasteiger partial charge in [-0.2, -0.15) is 13.2 Å². The van der Waals surface area contributed by atoms with Crippen molar-refractivity contribution in [1.29, 1.82) is 0 Å². The minimum absolute atomic E-state index is 0.000552. The van der Waals surface area contributed by atoms with Crippen LogP contribution in [0, 0.1) is 13.8 Å². The zero-order valence-electron chi connectivity index (χ0n) is 17.5. The molecular formula is C22H22F3N3O3. The van der Waals surface area contributed by atoms with E-state index in [0.717, 1.165) is 15.7 Å². The van der Waals surface area contributed by atoms with Crippen molar-refractivity contribution in [3.05, 3.63) is 69.1 Å². The van der Waals surface area contributed by atoms with Crippen molar-refractivity contribution >= 4 is 16.9 Å². The van der Waals surface area contributed by atoms with Gasteiger partial charge in [0.15, 0.2) is 0 Å². The molecular weight excluding hydrogens is 411 g/mol. The van der Waals surface area contributed by atoms with E-state index in [1.54, 1.807) is 44.2 Å². The van der Waals surface area contributed by atoms with E-state index in [1.807, 2.05) is 0 Å². The van der Waals surface area contributed by atoms with E-state index in [0.29, 0.717) is 11.3 Å². The second-order valence-electron chi connectivity index (χ2n) is 7.26. The van der Waals surface area contributed by atoms with Crippen molar-refractivity contribution in [2.24, 2.45) is 0 Å². The number of nitrogens with zero attached hydrogens (tertiary/aromatic N) is 2. The molecule has 0 saturated heterocycles. The smallest absolute Gasteiger partial charge is 0.438 e. The minimum Gasteiger partial charge on any atom is -0.496 e. The summed E-state index contributed by atoms with van der Waals surface area (Å²) in [7, 11) is 1.49. The molecule has 0 aliphatic rings. The zero-order chi connectivity index (χ0) is 22.9. The van der Waals surface area contributed by atoms with Crippen molar-refractivity contribution in [3.63, 3.8) is 0 Å². The summed E-state index contributed by atoms with van der Waals surface area (Å²) < 4.78 is 46.5. The lowest BCUT2D eigenvalue weighted by atomic mass is 10.1. The number of nitrogens with one attached hydrogen (secondary N) is 1. The van der Waals surface area contributed by atoms with E-state index < -0.39 is 29.4 Å². The molecule has 31 heavy (non-hydrogen) atoms. The molecule has 0 fully saturated rings. The highest BCUT2D eigenvalue weighted by Crippen LogP contribution is 2.28. The molecule has 1 amide bonds. The summed E-state index contributed by atoms with van der Waals surface area (Å²) in [4.78, 5) is 29.1. The molecule has 1 atom stereocenters. The Balaban J connectivity index is 2.05. The molecule has 2 aromatic carbocycles. The summed E-state index contributed by atoms with van der Waals surface area (Å²) in [6.45, 7) is 4.99. The molecule has 0 aliphatic carbocycles. The lowest BCUT2D eigenvalue weighted by Gasteiger charge is -2.20. The van der Waals surface area contributed by atoms with Gasteiger partial charge in [0.1, 0.15) is 11.8 Å². The third-order valence-corrected chi connectivity index (χ3v) is 5.18. The lowest BCUT2D eigenvalue weighted by Crippen LogP contribution is -2.39. The number of rotatable bonds is 5. The molecule has 0 radical (unpaired) electrons. The summed E-state index contributed by atoms with van der Waals surface area (Å²) in [5.41, 5.74) is -0.549. The summed E-state index contributed by atoms with van der Waals surface area (Å²) in [5.74, 6) is -0.0423. The number of fused-ring (bicyclic) bond motifs is 1. The first-order valence-corrected chi connectivity index (χ1v) is 9.55. The number of aryl methyl sites for hydroxylation is 2. The SMILES string of the molecule is COc1ccccc1CNC(=O)[C@@H](C)n1c(=O)c(C(F)(F)F)nc2cc(C)c(C)cc21. The third-order valence-electron chi connectivity index (χ3n) is 5.18. The maximum absolute atomic E-state index is 13.5. The fourth-order valence-corrected chi connectivity index (χ4v) is 3.33. The highest BCUT2D eigenvalue weighted by molar-refractivity contribution is 5.84. The van der Waals surface area contributed by atoms with Crippen LogP contribution in [-0.2, 0) is 17.5 Å².